The smallest absolute Gasteiger partial charge is 0.323 e. The fourth-order valence-electron chi connectivity index (χ4n) is 3.25. The molecule has 8 heteroatoms. The number of ether oxygens (including phenoxy) is 1. The van der Waals surface area contributed by atoms with Crippen molar-refractivity contribution in [2.45, 2.75) is 19.6 Å². The molecule has 0 atom stereocenters. The van der Waals surface area contributed by atoms with E-state index in [1.165, 1.54) is 16.2 Å². The summed E-state index contributed by atoms with van der Waals surface area (Å²) >= 11 is 1.38. The van der Waals surface area contributed by atoms with Crippen molar-refractivity contribution in [2.75, 3.05) is 19.1 Å². The minimum Gasteiger partial charge on any atom is -0.497 e. The lowest BCUT2D eigenvalue weighted by atomic mass is 10.2. The number of nitrogens with zero attached hydrogens (tertiary/aromatic N) is 3. The number of rotatable bonds is 6. The molecule has 4 rings (SSSR count). The zero-order valence-electron chi connectivity index (χ0n) is 16.8. The highest BCUT2D eigenvalue weighted by Gasteiger charge is 2.33. The first-order valence-corrected chi connectivity index (χ1v) is 10.3. The molecule has 0 unspecified atom stereocenters. The van der Waals surface area contributed by atoms with Gasteiger partial charge < -0.3 is 15.0 Å². The van der Waals surface area contributed by atoms with Crippen molar-refractivity contribution < 1.29 is 14.3 Å². The lowest BCUT2D eigenvalue weighted by molar-refractivity contribution is 0.0762. The molecule has 1 aliphatic rings. The number of methoxy groups -OCH3 is 1. The zero-order chi connectivity index (χ0) is 21.1. The van der Waals surface area contributed by atoms with Crippen LogP contribution in [0.4, 0.5) is 9.93 Å². The van der Waals surface area contributed by atoms with Gasteiger partial charge in [0.2, 0.25) is 0 Å². The highest BCUT2D eigenvalue weighted by atomic mass is 32.1. The van der Waals surface area contributed by atoms with Gasteiger partial charge in [-0.1, -0.05) is 53.8 Å². The Kier molecular flexibility index (Phi) is 5.67. The van der Waals surface area contributed by atoms with Gasteiger partial charge >= 0.3 is 6.03 Å². The summed E-state index contributed by atoms with van der Waals surface area (Å²) in [7, 11) is 3.26. The van der Waals surface area contributed by atoms with Crippen LogP contribution in [0.25, 0.3) is 0 Å². The number of anilines is 1. The highest BCUT2D eigenvalue weighted by molar-refractivity contribution is 7.16. The monoisotopic (exact) mass is 422 g/mol. The number of hydrogen-bond acceptors (Lipinski definition) is 5. The molecule has 7 nitrogen and oxygen atoms in total. The Morgan fingerprint density at radius 1 is 1.20 bits per heavy atom. The van der Waals surface area contributed by atoms with Gasteiger partial charge in [-0.05, 0) is 23.3 Å². The molecule has 3 aromatic rings. The Labute approximate surface area is 178 Å². The molecule has 0 radical (unpaired) electrons. The molecule has 2 aromatic carbocycles. The standard InChI is InChI=1S/C22H22N4O3S/c1-25(21(28)23-12-16-9-6-10-17(11-16)29-2)22-24-19-18(30-22)14-26(20(19)27)13-15-7-4-3-5-8-15/h3-11H,12-14H2,1-2H3,(H,23,28). The van der Waals surface area contributed by atoms with Crippen LogP contribution in [-0.2, 0) is 19.6 Å². The second-order valence-electron chi connectivity index (χ2n) is 6.98. The molecule has 0 spiro atoms. The molecule has 1 N–H and O–H groups in total. The van der Waals surface area contributed by atoms with E-state index < -0.39 is 0 Å². The summed E-state index contributed by atoms with van der Waals surface area (Å²) in [6.45, 7) is 1.43. The molecule has 1 aromatic heterocycles. The maximum atomic E-state index is 12.7. The summed E-state index contributed by atoms with van der Waals surface area (Å²) in [5, 5.41) is 3.38. The number of benzene rings is 2. The third kappa shape index (κ3) is 4.13. The van der Waals surface area contributed by atoms with Gasteiger partial charge in [-0.2, -0.15) is 0 Å². The Bertz CT molecular complexity index is 1070. The quantitative estimate of drug-likeness (QED) is 0.658. The van der Waals surface area contributed by atoms with E-state index in [4.69, 9.17) is 4.74 Å². The first kappa shape index (κ1) is 19.9. The van der Waals surface area contributed by atoms with Crippen LogP contribution in [-0.4, -0.2) is 36.0 Å². The molecule has 0 saturated heterocycles. The lowest BCUT2D eigenvalue weighted by Gasteiger charge is -2.17. The van der Waals surface area contributed by atoms with Crippen molar-refractivity contribution in [1.82, 2.24) is 15.2 Å². The molecular weight excluding hydrogens is 400 g/mol. The number of fused-ring (bicyclic) bond motifs is 1. The molecule has 0 saturated carbocycles. The van der Waals surface area contributed by atoms with Gasteiger partial charge in [0.15, 0.2) is 5.13 Å². The van der Waals surface area contributed by atoms with E-state index in [0.717, 1.165) is 21.8 Å². The van der Waals surface area contributed by atoms with E-state index in [0.29, 0.717) is 30.5 Å². The van der Waals surface area contributed by atoms with Gasteiger partial charge in [-0.15, -0.1) is 0 Å². The molecule has 154 valence electrons. The molecule has 30 heavy (non-hydrogen) atoms. The molecule has 1 aliphatic heterocycles. The van der Waals surface area contributed by atoms with Crippen LogP contribution in [0, 0.1) is 0 Å². The summed E-state index contributed by atoms with van der Waals surface area (Å²) < 4.78 is 5.20. The Balaban J connectivity index is 1.38. The average Bonchev–Trinajstić information content (AvgIpc) is 3.32. The van der Waals surface area contributed by atoms with Crippen molar-refractivity contribution >= 4 is 28.4 Å². The third-order valence-corrected chi connectivity index (χ3v) is 6.01. The largest absolute Gasteiger partial charge is 0.497 e. The Hall–Kier alpha value is -3.39. The van der Waals surface area contributed by atoms with E-state index in [2.05, 4.69) is 10.3 Å². The number of urea groups is 1. The normalized spacial score (nSPS) is 12.6. The molecule has 0 fully saturated rings. The van der Waals surface area contributed by atoms with Gasteiger partial charge in [0.25, 0.3) is 5.91 Å². The SMILES string of the molecule is COc1cccc(CNC(=O)N(C)c2nc3c(s2)CN(Cc2ccccc2)C3=O)c1. The Morgan fingerprint density at radius 3 is 2.70 bits per heavy atom. The summed E-state index contributed by atoms with van der Waals surface area (Å²) in [5.74, 6) is 0.645. The van der Waals surface area contributed by atoms with Crippen LogP contribution >= 0.6 is 11.3 Å². The van der Waals surface area contributed by atoms with Gasteiger partial charge in [0.05, 0.1) is 18.5 Å². The van der Waals surface area contributed by atoms with Crippen molar-refractivity contribution in [3.8, 4) is 5.75 Å². The third-order valence-electron chi connectivity index (χ3n) is 4.90. The van der Waals surface area contributed by atoms with E-state index in [-0.39, 0.29) is 11.9 Å². The maximum absolute atomic E-state index is 12.7. The number of nitrogens with one attached hydrogen (secondary N) is 1. The molecule has 0 aliphatic carbocycles. The number of carbonyl (C=O) groups is 2. The minimum absolute atomic E-state index is 0.0958. The topological polar surface area (TPSA) is 74.8 Å². The van der Waals surface area contributed by atoms with Crippen molar-refractivity contribution in [3.05, 3.63) is 76.3 Å². The maximum Gasteiger partial charge on any atom is 0.323 e. The van der Waals surface area contributed by atoms with Crippen LogP contribution < -0.4 is 15.0 Å². The van der Waals surface area contributed by atoms with Gasteiger partial charge in [0.1, 0.15) is 11.4 Å². The molecule has 2 heterocycles. The van der Waals surface area contributed by atoms with Crippen molar-refractivity contribution in [3.63, 3.8) is 0 Å². The van der Waals surface area contributed by atoms with Gasteiger partial charge in [-0.25, -0.2) is 9.78 Å². The number of thiazole rings is 1. The highest BCUT2D eigenvalue weighted by Crippen LogP contribution is 2.33. The van der Waals surface area contributed by atoms with Gasteiger partial charge in [0, 0.05) is 20.1 Å². The first-order valence-electron chi connectivity index (χ1n) is 9.52. The summed E-state index contributed by atoms with van der Waals surface area (Å²) in [4.78, 5) is 33.8. The van der Waals surface area contributed by atoms with E-state index in [9.17, 15) is 9.59 Å². The van der Waals surface area contributed by atoms with Gasteiger partial charge in [-0.3, -0.25) is 9.69 Å². The predicted octanol–water partition coefficient (Wildman–Crippen LogP) is 3.65. The van der Waals surface area contributed by atoms with Crippen LogP contribution in [0.3, 0.4) is 0 Å². The molecule has 3 amide bonds. The number of aromatic nitrogens is 1. The number of carbonyl (C=O) groups excluding carboxylic acids is 2. The van der Waals surface area contributed by atoms with Crippen LogP contribution in [0.5, 0.6) is 5.75 Å². The lowest BCUT2D eigenvalue weighted by Crippen LogP contribution is -2.37. The second-order valence-corrected chi connectivity index (χ2v) is 8.05. The number of hydrogen-bond donors (Lipinski definition) is 1. The number of amides is 3. The van der Waals surface area contributed by atoms with Crippen LogP contribution in [0.2, 0.25) is 0 Å². The summed E-state index contributed by atoms with van der Waals surface area (Å²) in [6, 6.07) is 17.1. The second kappa shape index (κ2) is 8.54. The van der Waals surface area contributed by atoms with Crippen molar-refractivity contribution in [2.24, 2.45) is 0 Å². The van der Waals surface area contributed by atoms with E-state index >= 15 is 0 Å². The first-order chi connectivity index (χ1) is 14.5. The zero-order valence-corrected chi connectivity index (χ0v) is 17.6. The minimum atomic E-state index is -0.279. The van der Waals surface area contributed by atoms with E-state index in [1.54, 1.807) is 19.1 Å². The summed E-state index contributed by atoms with van der Waals surface area (Å²) in [6.07, 6.45) is 0. The summed E-state index contributed by atoms with van der Waals surface area (Å²) in [5.41, 5.74) is 2.46. The fraction of sp³-hybridized carbons (Fsp3) is 0.227. The Morgan fingerprint density at radius 2 is 1.97 bits per heavy atom. The fourth-order valence-corrected chi connectivity index (χ4v) is 4.28. The van der Waals surface area contributed by atoms with Crippen molar-refractivity contribution in [1.29, 1.82) is 0 Å². The average molecular weight is 423 g/mol. The van der Waals surface area contributed by atoms with E-state index in [1.807, 2.05) is 54.6 Å². The van der Waals surface area contributed by atoms with Crippen LogP contribution in [0.15, 0.2) is 54.6 Å². The predicted molar refractivity (Wildman–Crippen MR) is 116 cm³/mol. The molecular formula is C22H22N4O3S. The van der Waals surface area contributed by atoms with Crippen LogP contribution in [0.1, 0.15) is 26.5 Å². The molecule has 0 bridgehead atoms.